The Morgan fingerprint density at radius 2 is 1.46 bits per heavy atom. The standard InChI is InChI=1S/C22H20N2O3S/c23-14-18-9-11-22(12-10-18)28(25,26)24-15-20-7-4-8-21(13-20)17-27-16-19-5-2-1-3-6-19/h1-13,24H,15-17H2. The summed E-state index contributed by atoms with van der Waals surface area (Å²) in [7, 11) is -3.64. The van der Waals surface area contributed by atoms with Crippen LogP contribution in [-0.2, 0) is 34.5 Å². The first-order chi connectivity index (χ1) is 13.6. The monoisotopic (exact) mass is 392 g/mol. The van der Waals surface area contributed by atoms with E-state index in [1.807, 2.05) is 60.7 Å². The molecule has 0 aliphatic rings. The Morgan fingerprint density at radius 3 is 2.18 bits per heavy atom. The lowest BCUT2D eigenvalue weighted by molar-refractivity contribution is 0.107. The van der Waals surface area contributed by atoms with E-state index in [1.165, 1.54) is 24.3 Å². The molecule has 0 saturated heterocycles. The minimum Gasteiger partial charge on any atom is -0.372 e. The molecule has 3 rings (SSSR count). The van der Waals surface area contributed by atoms with Crippen LogP contribution in [0.2, 0.25) is 0 Å². The van der Waals surface area contributed by atoms with Crippen molar-refractivity contribution in [1.82, 2.24) is 4.72 Å². The number of rotatable bonds is 8. The number of hydrogen-bond acceptors (Lipinski definition) is 4. The largest absolute Gasteiger partial charge is 0.372 e. The van der Waals surface area contributed by atoms with E-state index in [-0.39, 0.29) is 11.4 Å². The molecule has 0 spiro atoms. The Balaban J connectivity index is 1.57. The fraction of sp³-hybridized carbons (Fsp3) is 0.136. The van der Waals surface area contributed by atoms with E-state index in [9.17, 15) is 8.42 Å². The molecule has 1 N–H and O–H groups in total. The number of benzene rings is 3. The van der Waals surface area contributed by atoms with Crippen molar-refractivity contribution in [3.8, 4) is 6.07 Å². The van der Waals surface area contributed by atoms with Gasteiger partial charge in [0, 0.05) is 6.54 Å². The molecular formula is C22H20N2O3S. The van der Waals surface area contributed by atoms with Crippen LogP contribution in [0.5, 0.6) is 0 Å². The Bertz CT molecular complexity index is 1060. The van der Waals surface area contributed by atoms with Crippen LogP contribution >= 0.6 is 0 Å². The number of ether oxygens (including phenoxy) is 1. The summed E-state index contributed by atoms with van der Waals surface area (Å²) in [5, 5.41) is 8.81. The Labute approximate surface area is 165 Å². The molecule has 6 heteroatoms. The van der Waals surface area contributed by atoms with Crippen molar-refractivity contribution in [1.29, 1.82) is 5.26 Å². The van der Waals surface area contributed by atoms with Crippen molar-refractivity contribution in [3.63, 3.8) is 0 Å². The fourth-order valence-electron chi connectivity index (χ4n) is 2.66. The van der Waals surface area contributed by atoms with Crippen LogP contribution in [0.3, 0.4) is 0 Å². The molecule has 5 nitrogen and oxygen atoms in total. The van der Waals surface area contributed by atoms with Gasteiger partial charge in [-0.3, -0.25) is 0 Å². The smallest absolute Gasteiger partial charge is 0.240 e. The van der Waals surface area contributed by atoms with Gasteiger partial charge in [0.15, 0.2) is 0 Å². The zero-order valence-electron chi connectivity index (χ0n) is 15.2. The molecule has 3 aromatic rings. The van der Waals surface area contributed by atoms with E-state index in [1.54, 1.807) is 0 Å². The second-order valence-corrected chi connectivity index (χ2v) is 8.03. The Morgan fingerprint density at radius 1 is 0.821 bits per heavy atom. The Kier molecular flexibility index (Phi) is 6.56. The highest BCUT2D eigenvalue weighted by Gasteiger charge is 2.13. The summed E-state index contributed by atoms with van der Waals surface area (Å²) in [6.45, 7) is 1.15. The maximum atomic E-state index is 12.4. The van der Waals surface area contributed by atoms with E-state index < -0.39 is 10.0 Å². The third-order valence-electron chi connectivity index (χ3n) is 4.13. The predicted octanol–water partition coefficient (Wildman–Crippen LogP) is 3.75. The number of nitriles is 1. The SMILES string of the molecule is N#Cc1ccc(S(=O)(=O)NCc2cccc(COCc3ccccc3)c2)cc1. The normalized spacial score (nSPS) is 11.1. The van der Waals surface area contributed by atoms with Gasteiger partial charge in [0.2, 0.25) is 10.0 Å². The lowest BCUT2D eigenvalue weighted by atomic mass is 10.1. The van der Waals surface area contributed by atoms with Crippen molar-refractivity contribution in [2.24, 2.45) is 0 Å². The molecule has 0 bridgehead atoms. The zero-order valence-corrected chi connectivity index (χ0v) is 16.0. The summed E-state index contributed by atoms with van der Waals surface area (Å²) in [5.74, 6) is 0. The quantitative estimate of drug-likeness (QED) is 0.633. The van der Waals surface area contributed by atoms with E-state index in [4.69, 9.17) is 10.00 Å². The van der Waals surface area contributed by atoms with Gasteiger partial charge in [-0.1, -0.05) is 54.6 Å². The second kappa shape index (κ2) is 9.29. The van der Waals surface area contributed by atoms with Crippen molar-refractivity contribution in [2.75, 3.05) is 0 Å². The van der Waals surface area contributed by atoms with Gasteiger partial charge in [-0.05, 0) is 41.0 Å². The van der Waals surface area contributed by atoms with Crippen molar-refractivity contribution >= 4 is 10.0 Å². The fourth-order valence-corrected chi connectivity index (χ4v) is 3.68. The zero-order chi connectivity index (χ0) is 19.8. The number of nitrogens with one attached hydrogen (secondary N) is 1. The van der Waals surface area contributed by atoms with Gasteiger partial charge in [0.05, 0.1) is 29.7 Å². The molecule has 3 aromatic carbocycles. The Hall–Kier alpha value is -2.98. The van der Waals surface area contributed by atoms with Gasteiger partial charge in [-0.15, -0.1) is 0 Å². The first kappa shape index (κ1) is 19.8. The van der Waals surface area contributed by atoms with Gasteiger partial charge in [-0.25, -0.2) is 13.1 Å². The summed E-state index contributed by atoms with van der Waals surface area (Å²) in [5.41, 5.74) is 3.35. The summed E-state index contributed by atoms with van der Waals surface area (Å²) in [6.07, 6.45) is 0. The van der Waals surface area contributed by atoms with Gasteiger partial charge in [-0.2, -0.15) is 5.26 Å². The topological polar surface area (TPSA) is 79.2 Å². The summed E-state index contributed by atoms with van der Waals surface area (Å²) in [4.78, 5) is 0.133. The average Bonchev–Trinajstić information content (AvgIpc) is 2.73. The maximum Gasteiger partial charge on any atom is 0.240 e. The van der Waals surface area contributed by atoms with E-state index in [2.05, 4.69) is 4.72 Å². The van der Waals surface area contributed by atoms with Crippen LogP contribution in [0, 0.1) is 11.3 Å². The molecule has 0 saturated carbocycles. The molecule has 0 aromatic heterocycles. The van der Waals surface area contributed by atoms with Crippen LogP contribution in [0.4, 0.5) is 0 Å². The molecule has 0 heterocycles. The first-order valence-electron chi connectivity index (χ1n) is 8.76. The second-order valence-electron chi connectivity index (χ2n) is 6.26. The van der Waals surface area contributed by atoms with Crippen LogP contribution in [0.15, 0.2) is 83.8 Å². The maximum absolute atomic E-state index is 12.4. The average molecular weight is 392 g/mol. The van der Waals surface area contributed by atoms with Gasteiger partial charge in [0.1, 0.15) is 0 Å². The minimum absolute atomic E-state index is 0.133. The summed E-state index contributed by atoms with van der Waals surface area (Å²) >= 11 is 0. The molecule has 0 fully saturated rings. The van der Waals surface area contributed by atoms with Crippen molar-refractivity contribution in [2.45, 2.75) is 24.7 Å². The minimum atomic E-state index is -3.64. The van der Waals surface area contributed by atoms with Crippen molar-refractivity contribution < 1.29 is 13.2 Å². The van der Waals surface area contributed by atoms with Crippen LogP contribution in [-0.4, -0.2) is 8.42 Å². The molecule has 0 amide bonds. The van der Waals surface area contributed by atoms with E-state index in [0.29, 0.717) is 18.8 Å². The lowest BCUT2D eigenvalue weighted by Crippen LogP contribution is -2.23. The molecular weight excluding hydrogens is 372 g/mol. The predicted molar refractivity (Wildman–Crippen MR) is 107 cm³/mol. The van der Waals surface area contributed by atoms with Gasteiger partial charge in [0.25, 0.3) is 0 Å². The lowest BCUT2D eigenvalue weighted by Gasteiger charge is -2.09. The molecule has 142 valence electrons. The van der Waals surface area contributed by atoms with Gasteiger partial charge >= 0.3 is 0 Å². The summed E-state index contributed by atoms with van der Waals surface area (Å²) < 4.78 is 33.1. The van der Waals surface area contributed by atoms with Gasteiger partial charge < -0.3 is 4.74 Å². The molecule has 0 aliphatic heterocycles. The van der Waals surface area contributed by atoms with Crippen molar-refractivity contribution in [3.05, 3.63) is 101 Å². The molecule has 0 atom stereocenters. The highest BCUT2D eigenvalue weighted by molar-refractivity contribution is 7.89. The number of sulfonamides is 1. The number of hydrogen-bond donors (Lipinski definition) is 1. The molecule has 0 unspecified atom stereocenters. The molecule has 0 radical (unpaired) electrons. The van der Waals surface area contributed by atoms with E-state index >= 15 is 0 Å². The third-order valence-corrected chi connectivity index (χ3v) is 5.55. The molecule has 0 aliphatic carbocycles. The first-order valence-corrected chi connectivity index (χ1v) is 10.2. The highest BCUT2D eigenvalue weighted by atomic mass is 32.2. The summed E-state index contributed by atoms with van der Waals surface area (Å²) in [6, 6.07) is 25.3. The highest BCUT2D eigenvalue weighted by Crippen LogP contribution is 2.13. The van der Waals surface area contributed by atoms with Crippen LogP contribution < -0.4 is 4.72 Å². The van der Waals surface area contributed by atoms with Crippen LogP contribution in [0.1, 0.15) is 22.3 Å². The number of nitrogens with zero attached hydrogens (tertiary/aromatic N) is 1. The molecule has 28 heavy (non-hydrogen) atoms. The van der Waals surface area contributed by atoms with E-state index in [0.717, 1.165) is 16.7 Å². The third kappa shape index (κ3) is 5.51. The van der Waals surface area contributed by atoms with Crippen LogP contribution in [0.25, 0.3) is 0 Å².